The topological polar surface area (TPSA) is 50.9 Å². The van der Waals surface area contributed by atoms with Gasteiger partial charge in [-0.3, -0.25) is 0 Å². The summed E-state index contributed by atoms with van der Waals surface area (Å²) in [7, 11) is 0. The summed E-state index contributed by atoms with van der Waals surface area (Å²) in [5.41, 5.74) is 6.06. The van der Waals surface area contributed by atoms with E-state index >= 15 is 0 Å². The fourth-order valence-electron chi connectivity index (χ4n) is 1.76. The highest BCUT2D eigenvalue weighted by molar-refractivity contribution is 9.10. The van der Waals surface area contributed by atoms with Gasteiger partial charge in [-0.05, 0) is 59.3 Å². The Morgan fingerprint density at radius 1 is 1.47 bits per heavy atom. The van der Waals surface area contributed by atoms with Crippen LogP contribution in [-0.4, -0.2) is 18.1 Å². The first-order valence-corrected chi connectivity index (χ1v) is 6.09. The molecule has 82 valence electrons. The van der Waals surface area contributed by atoms with Gasteiger partial charge in [0.15, 0.2) is 0 Å². The highest BCUT2D eigenvalue weighted by Gasteiger charge is 2.41. The molecular formula is C11H16BrN3. The molecule has 1 aromatic rings. The van der Waals surface area contributed by atoms with Crippen LogP contribution in [0.1, 0.15) is 19.3 Å². The lowest BCUT2D eigenvalue weighted by Gasteiger charge is -2.15. The molecule has 0 aromatic carbocycles. The summed E-state index contributed by atoms with van der Waals surface area (Å²) in [5, 5.41) is 3.37. The van der Waals surface area contributed by atoms with E-state index in [1.165, 1.54) is 12.8 Å². The van der Waals surface area contributed by atoms with E-state index in [2.05, 4.69) is 26.2 Å². The molecule has 1 heterocycles. The SMILES string of the molecule is NCCC1(CNc2ccc(Br)cn2)CC1. The molecule has 1 fully saturated rings. The minimum Gasteiger partial charge on any atom is -0.370 e. The molecule has 1 aromatic heterocycles. The normalized spacial score (nSPS) is 17.5. The van der Waals surface area contributed by atoms with Crippen molar-refractivity contribution in [2.24, 2.45) is 11.1 Å². The predicted molar refractivity (Wildman–Crippen MR) is 65.8 cm³/mol. The summed E-state index contributed by atoms with van der Waals surface area (Å²) < 4.78 is 1.01. The number of nitrogens with two attached hydrogens (primary N) is 1. The Kier molecular flexibility index (Phi) is 3.26. The molecule has 0 amide bonds. The summed E-state index contributed by atoms with van der Waals surface area (Å²) in [6, 6.07) is 3.99. The van der Waals surface area contributed by atoms with Crippen molar-refractivity contribution in [3.05, 3.63) is 22.8 Å². The second kappa shape index (κ2) is 4.49. The maximum Gasteiger partial charge on any atom is 0.125 e. The number of hydrogen-bond acceptors (Lipinski definition) is 3. The lowest BCUT2D eigenvalue weighted by molar-refractivity contribution is 0.500. The number of aromatic nitrogens is 1. The lowest BCUT2D eigenvalue weighted by Crippen LogP contribution is -2.19. The second-order valence-corrected chi connectivity index (χ2v) is 5.17. The van der Waals surface area contributed by atoms with Crippen LogP contribution in [-0.2, 0) is 0 Å². The molecule has 0 saturated heterocycles. The number of halogens is 1. The van der Waals surface area contributed by atoms with Crippen molar-refractivity contribution in [1.29, 1.82) is 0 Å². The Labute approximate surface area is 98.6 Å². The van der Waals surface area contributed by atoms with Gasteiger partial charge in [-0.15, -0.1) is 0 Å². The van der Waals surface area contributed by atoms with E-state index in [9.17, 15) is 0 Å². The molecular weight excluding hydrogens is 254 g/mol. The number of hydrogen-bond donors (Lipinski definition) is 2. The van der Waals surface area contributed by atoms with Gasteiger partial charge >= 0.3 is 0 Å². The third-order valence-electron chi connectivity index (χ3n) is 3.00. The average Bonchev–Trinajstić information content (AvgIpc) is 2.99. The average molecular weight is 270 g/mol. The molecule has 4 heteroatoms. The van der Waals surface area contributed by atoms with Crippen LogP contribution in [0.25, 0.3) is 0 Å². The number of nitrogens with one attached hydrogen (secondary N) is 1. The van der Waals surface area contributed by atoms with Gasteiger partial charge in [0.25, 0.3) is 0 Å². The molecule has 15 heavy (non-hydrogen) atoms. The number of anilines is 1. The van der Waals surface area contributed by atoms with Crippen molar-refractivity contribution in [2.45, 2.75) is 19.3 Å². The van der Waals surface area contributed by atoms with E-state index < -0.39 is 0 Å². The largest absolute Gasteiger partial charge is 0.370 e. The monoisotopic (exact) mass is 269 g/mol. The van der Waals surface area contributed by atoms with Crippen molar-refractivity contribution in [1.82, 2.24) is 4.98 Å². The molecule has 1 saturated carbocycles. The van der Waals surface area contributed by atoms with Gasteiger partial charge in [0.1, 0.15) is 5.82 Å². The van der Waals surface area contributed by atoms with E-state index in [0.717, 1.165) is 29.8 Å². The van der Waals surface area contributed by atoms with Crippen LogP contribution in [0.5, 0.6) is 0 Å². The van der Waals surface area contributed by atoms with Crippen molar-refractivity contribution < 1.29 is 0 Å². The van der Waals surface area contributed by atoms with E-state index in [1.54, 1.807) is 0 Å². The van der Waals surface area contributed by atoms with Crippen molar-refractivity contribution in [3.63, 3.8) is 0 Å². The smallest absolute Gasteiger partial charge is 0.125 e. The van der Waals surface area contributed by atoms with Crippen LogP contribution in [0.3, 0.4) is 0 Å². The molecule has 0 bridgehead atoms. The summed E-state index contributed by atoms with van der Waals surface area (Å²) in [4.78, 5) is 4.28. The fourth-order valence-corrected chi connectivity index (χ4v) is 1.99. The molecule has 1 aliphatic rings. The number of pyridine rings is 1. The van der Waals surface area contributed by atoms with Crippen LogP contribution in [0, 0.1) is 5.41 Å². The molecule has 0 spiro atoms. The zero-order valence-corrected chi connectivity index (χ0v) is 10.3. The quantitative estimate of drug-likeness (QED) is 0.863. The van der Waals surface area contributed by atoms with E-state index in [4.69, 9.17) is 5.73 Å². The predicted octanol–water partition coefficient (Wildman–Crippen LogP) is 2.39. The van der Waals surface area contributed by atoms with Crippen LogP contribution < -0.4 is 11.1 Å². The summed E-state index contributed by atoms with van der Waals surface area (Å²) in [6.07, 6.45) is 5.53. The van der Waals surface area contributed by atoms with Gasteiger partial charge in [0.05, 0.1) is 0 Å². The Morgan fingerprint density at radius 3 is 2.80 bits per heavy atom. The summed E-state index contributed by atoms with van der Waals surface area (Å²) in [6.45, 7) is 1.79. The van der Waals surface area contributed by atoms with Crippen LogP contribution in [0.4, 0.5) is 5.82 Å². The number of rotatable bonds is 5. The van der Waals surface area contributed by atoms with Gasteiger partial charge in [-0.2, -0.15) is 0 Å². The highest BCUT2D eigenvalue weighted by atomic mass is 79.9. The summed E-state index contributed by atoms with van der Waals surface area (Å²) in [5.74, 6) is 0.946. The minimum atomic E-state index is 0.462. The molecule has 1 aliphatic carbocycles. The van der Waals surface area contributed by atoms with Crippen molar-refractivity contribution in [3.8, 4) is 0 Å². The Hall–Kier alpha value is -0.610. The molecule has 0 aliphatic heterocycles. The first-order valence-electron chi connectivity index (χ1n) is 5.30. The highest BCUT2D eigenvalue weighted by Crippen LogP contribution is 2.48. The van der Waals surface area contributed by atoms with E-state index in [0.29, 0.717) is 5.41 Å². The zero-order valence-electron chi connectivity index (χ0n) is 8.67. The molecule has 0 radical (unpaired) electrons. The molecule has 3 nitrogen and oxygen atoms in total. The van der Waals surface area contributed by atoms with Gasteiger partial charge in [0.2, 0.25) is 0 Å². The van der Waals surface area contributed by atoms with Crippen molar-refractivity contribution in [2.75, 3.05) is 18.4 Å². The first-order chi connectivity index (χ1) is 7.24. The Bertz CT molecular complexity index is 319. The third kappa shape index (κ3) is 2.92. The van der Waals surface area contributed by atoms with Crippen LogP contribution >= 0.6 is 15.9 Å². The minimum absolute atomic E-state index is 0.462. The van der Waals surface area contributed by atoms with Gasteiger partial charge in [-0.1, -0.05) is 0 Å². The molecule has 3 N–H and O–H groups in total. The Morgan fingerprint density at radius 2 is 2.27 bits per heavy atom. The van der Waals surface area contributed by atoms with E-state index in [1.807, 2.05) is 18.3 Å². The van der Waals surface area contributed by atoms with Crippen LogP contribution in [0.2, 0.25) is 0 Å². The Balaban J connectivity index is 1.85. The first kappa shape index (κ1) is 10.9. The lowest BCUT2D eigenvalue weighted by atomic mass is 10.0. The third-order valence-corrected chi connectivity index (χ3v) is 3.47. The molecule has 2 rings (SSSR count). The van der Waals surface area contributed by atoms with Gasteiger partial charge < -0.3 is 11.1 Å². The maximum atomic E-state index is 5.59. The zero-order chi connectivity index (χ0) is 10.7. The van der Waals surface area contributed by atoms with Crippen LogP contribution in [0.15, 0.2) is 22.8 Å². The maximum absolute atomic E-state index is 5.59. The number of nitrogens with zero attached hydrogens (tertiary/aromatic N) is 1. The van der Waals surface area contributed by atoms with Crippen molar-refractivity contribution >= 4 is 21.7 Å². The summed E-state index contributed by atoms with van der Waals surface area (Å²) >= 11 is 3.37. The standard InChI is InChI=1S/C11H16BrN3/c12-9-1-2-10(14-7-9)15-8-11(3-4-11)5-6-13/h1-2,7H,3-6,8,13H2,(H,14,15). The molecule has 0 atom stereocenters. The molecule has 0 unspecified atom stereocenters. The second-order valence-electron chi connectivity index (χ2n) is 4.25. The van der Waals surface area contributed by atoms with Gasteiger partial charge in [-0.25, -0.2) is 4.98 Å². The fraction of sp³-hybridized carbons (Fsp3) is 0.545. The van der Waals surface area contributed by atoms with Gasteiger partial charge in [0, 0.05) is 17.2 Å². The van der Waals surface area contributed by atoms with E-state index in [-0.39, 0.29) is 0 Å².